The Kier molecular flexibility index (Phi) is 4.73. The summed E-state index contributed by atoms with van der Waals surface area (Å²) in [6.45, 7) is 1.39. The number of nitrogens with one attached hydrogen (secondary N) is 2. The summed E-state index contributed by atoms with van der Waals surface area (Å²) in [5.74, 6) is -1.64. The average Bonchev–Trinajstić information content (AvgIpc) is 3.40. The molecule has 29 heavy (non-hydrogen) atoms. The Balaban J connectivity index is 1.85. The van der Waals surface area contributed by atoms with Gasteiger partial charge in [-0.25, -0.2) is 22.2 Å². The molecule has 0 spiro atoms. The van der Waals surface area contributed by atoms with Gasteiger partial charge in [-0.15, -0.1) is 0 Å². The molecule has 2 N–H and O–H groups in total. The number of pyridine rings is 1. The topological polar surface area (TPSA) is 95.2 Å². The van der Waals surface area contributed by atoms with E-state index >= 15 is 0 Å². The highest BCUT2D eigenvalue weighted by Crippen LogP contribution is 2.37. The molecule has 1 aliphatic rings. The van der Waals surface area contributed by atoms with E-state index in [9.17, 15) is 22.0 Å². The number of H-pyrrole nitrogens is 1. The second-order valence-corrected chi connectivity index (χ2v) is 8.84. The van der Waals surface area contributed by atoms with Gasteiger partial charge >= 0.3 is 0 Å². The lowest BCUT2D eigenvalue weighted by Crippen LogP contribution is -2.24. The Bertz CT molecular complexity index is 1210. The Morgan fingerprint density at radius 1 is 1.24 bits per heavy atom. The number of aromatic nitrogens is 2. The van der Waals surface area contributed by atoms with Crippen LogP contribution >= 0.6 is 0 Å². The molecule has 0 unspecified atom stereocenters. The van der Waals surface area contributed by atoms with E-state index in [2.05, 4.69) is 9.97 Å². The van der Waals surface area contributed by atoms with Gasteiger partial charge in [0, 0.05) is 29.3 Å². The first kappa shape index (κ1) is 19.3. The maximum absolute atomic E-state index is 14.9. The molecule has 10 heteroatoms. The molecule has 3 aromatic rings. The number of nitrogens with zero attached hydrogens (tertiary/aromatic N) is 2. The third-order valence-electron chi connectivity index (χ3n) is 4.83. The minimum atomic E-state index is -3.76. The summed E-state index contributed by atoms with van der Waals surface area (Å²) in [5.41, 5.74) is 0.262. The largest absolute Gasteiger partial charge is 0.346 e. The highest BCUT2D eigenvalue weighted by Gasteiger charge is 2.31. The van der Waals surface area contributed by atoms with Crippen LogP contribution in [0.15, 0.2) is 30.5 Å². The van der Waals surface area contributed by atoms with Crippen molar-refractivity contribution in [1.82, 2.24) is 9.97 Å². The lowest BCUT2D eigenvalue weighted by atomic mass is 10.0. The molecule has 1 saturated carbocycles. The third-order valence-corrected chi connectivity index (χ3v) is 6.12. The predicted molar refractivity (Wildman–Crippen MR) is 106 cm³/mol. The number of hydrogen-bond acceptors (Lipinski definition) is 4. The van der Waals surface area contributed by atoms with Crippen molar-refractivity contribution in [3.8, 4) is 11.1 Å². The van der Waals surface area contributed by atoms with Crippen LogP contribution in [0.4, 0.5) is 20.3 Å². The standard InChI is InChI=1S/C19H18F2N4O3S/c1-2-29(27,28)24-17-9-15(20)14(7-16(17)21)13-8-18(25(10-26)11-3-4-11)23-19-12(13)5-6-22-19/h5-11,24H,2-4H2,1H3,(H,22,23). The quantitative estimate of drug-likeness (QED) is 0.573. The van der Waals surface area contributed by atoms with Crippen LogP contribution in [0, 0.1) is 11.6 Å². The first-order chi connectivity index (χ1) is 13.8. The predicted octanol–water partition coefficient (Wildman–Crippen LogP) is 3.39. The number of fused-ring (bicyclic) bond motifs is 1. The number of benzene rings is 1. The summed E-state index contributed by atoms with van der Waals surface area (Å²) >= 11 is 0. The van der Waals surface area contributed by atoms with E-state index in [1.54, 1.807) is 12.3 Å². The Morgan fingerprint density at radius 3 is 2.66 bits per heavy atom. The van der Waals surface area contributed by atoms with E-state index in [4.69, 9.17) is 0 Å². The van der Waals surface area contributed by atoms with Crippen LogP contribution in [0.25, 0.3) is 22.2 Å². The zero-order chi connectivity index (χ0) is 20.8. The van der Waals surface area contributed by atoms with Gasteiger partial charge in [0.25, 0.3) is 0 Å². The molecule has 152 valence electrons. The van der Waals surface area contributed by atoms with Crippen molar-refractivity contribution >= 4 is 39.0 Å². The van der Waals surface area contributed by atoms with Crippen LogP contribution in [-0.4, -0.2) is 36.6 Å². The Labute approximate surface area is 165 Å². The summed E-state index contributed by atoms with van der Waals surface area (Å²) in [4.78, 5) is 20.3. The van der Waals surface area contributed by atoms with E-state index in [0.717, 1.165) is 25.0 Å². The van der Waals surface area contributed by atoms with Crippen molar-refractivity contribution in [3.05, 3.63) is 42.1 Å². The van der Waals surface area contributed by atoms with E-state index in [1.165, 1.54) is 17.9 Å². The molecule has 1 amide bonds. The maximum atomic E-state index is 14.9. The van der Waals surface area contributed by atoms with Crippen molar-refractivity contribution in [1.29, 1.82) is 0 Å². The molecule has 1 aromatic carbocycles. The molecule has 1 fully saturated rings. The van der Waals surface area contributed by atoms with Gasteiger partial charge < -0.3 is 4.98 Å². The van der Waals surface area contributed by atoms with Crippen LogP contribution in [0.3, 0.4) is 0 Å². The zero-order valence-corrected chi connectivity index (χ0v) is 16.3. The highest BCUT2D eigenvalue weighted by molar-refractivity contribution is 7.92. The minimum absolute atomic E-state index is 0.0488. The third kappa shape index (κ3) is 3.67. The van der Waals surface area contributed by atoms with E-state index in [-0.39, 0.29) is 17.4 Å². The lowest BCUT2D eigenvalue weighted by Gasteiger charge is -2.17. The van der Waals surface area contributed by atoms with E-state index in [1.807, 2.05) is 4.72 Å². The van der Waals surface area contributed by atoms with Gasteiger partial charge in [0.1, 0.15) is 23.1 Å². The van der Waals surface area contributed by atoms with Crippen LogP contribution in [-0.2, 0) is 14.8 Å². The number of carbonyl (C=O) groups is 1. The molecule has 1 aliphatic carbocycles. The molecule has 2 heterocycles. The van der Waals surface area contributed by atoms with Crippen molar-refractivity contribution < 1.29 is 22.0 Å². The second kappa shape index (κ2) is 7.11. The van der Waals surface area contributed by atoms with Gasteiger partial charge in [0.2, 0.25) is 16.4 Å². The van der Waals surface area contributed by atoms with Crippen LogP contribution in [0.5, 0.6) is 0 Å². The number of halogens is 2. The monoisotopic (exact) mass is 420 g/mol. The summed E-state index contributed by atoms with van der Waals surface area (Å²) < 4.78 is 54.9. The molecule has 7 nitrogen and oxygen atoms in total. The summed E-state index contributed by atoms with van der Waals surface area (Å²) in [7, 11) is -3.76. The first-order valence-electron chi connectivity index (χ1n) is 9.04. The average molecular weight is 420 g/mol. The lowest BCUT2D eigenvalue weighted by molar-refractivity contribution is -0.107. The van der Waals surface area contributed by atoms with E-state index < -0.39 is 27.3 Å². The number of sulfonamides is 1. The van der Waals surface area contributed by atoms with Crippen molar-refractivity contribution in [3.63, 3.8) is 0 Å². The highest BCUT2D eigenvalue weighted by atomic mass is 32.2. The molecular weight excluding hydrogens is 402 g/mol. The zero-order valence-electron chi connectivity index (χ0n) is 15.4. The van der Waals surface area contributed by atoms with Crippen LogP contribution < -0.4 is 9.62 Å². The molecule has 0 radical (unpaired) electrons. The smallest absolute Gasteiger partial charge is 0.232 e. The first-order valence-corrected chi connectivity index (χ1v) is 10.7. The van der Waals surface area contributed by atoms with Crippen molar-refractivity contribution in [2.45, 2.75) is 25.8 Å². The van der Waals surface area contributed by atoms with Gasteiger partial charge in [-0.1, -0.05) is 0 Å². The Morgan fingerprint density at radius 2 is 2.00 bits per heavy atom. The number of anilines is 2. The van der Waals surface area contributed by atoms with Crippen LogP contribution in [0.1, 0.15) is 19.8 Å². The maximum Gasteiger partial charge on any atom is 0.232 e. The minimum Gasteiger partial charge on any atom is -0.346 e. The SMILES string of the molecule is CCS(=O)(=O)Nc1cc(F)c(-c2cc(N(C=O)C3CC3)nc3[nH]ccc23)cc1F. The Hall–Kier alpha value is -3.01. The van der Waals surface area contributed by atoms with Gasteiger partial charge in [-0.05, 0) is 43.5 Å². The second-order valence-electron chi connectivity index (χ2n) is 6.83. The fourth-order valence-electron chi connectivity index (χ4n) is 3.13. The summed E-state index contributed by atoms with van der Waals surface area (Å²) in [6.07, 6.45) is 4.00. The number of hydrogen-bond donors (Lipinski definition) is 2. The van der Waals surface area contributed by atoms with Gasteiger partial charge in [0.15, 0.2) is 0 Å². The fourth-order valence-corrected chi connectivity index (χ4v) is 3.77. The number of carbonyl (C=O) groups excluding carboxylic acids is 1. The summed E-state index contributed by atoms with van der Waals surface area (Å²) in [6, 6.07) is 5.02. The van der Waals surface area contributed by atoms with Gasteiger partial charge in [0.05, 0.1) is 11.4 Å². The molecule has 0 saturated heterocycles. The van der Waals surface area contributed by atoms with Crippen LogP contribution in [0.2, 0.25) is 0 Å². The van der Waals surface area contributed by atoms with E-state index in [0.29, 0.717) is 28.8 Å². The number of rotatable bonds is 7. The normalized spacial score (nSPS) is 14.2. The fraction of sp³-hybridized carbons (Fsp3) is 0.263. The van der Waals surface area contributed by atoms with Crippen molar-refractivity contribution in [2.75, 3.05) is 15.4 Å². The summed E-state index contributed by atoms with van der Waals surface area (Å²) in [5, 5.41) is 0.551. The van der Waals surface area contributed by atoms with Crippen molar-refractivity contribution in [2.24, 2.45) is 0 Å². The number of aromatic amines is 1. The van der Waals surface area contributed by atoms with Gasteiger partial charge in [-0.2, -0.15) is 0 Å². The molecular formula is C19H18F2N4O3S. The molecule has 0 aliphatic heterocycles. The molecule has 0 atom stereocenters. The van der Waals surface area contributed by atoms with Gasteiger partial charge in [-0.3, -0.25) is 14.4 Å². The number of amides is 1. The molecule has 2 aromatic heterocycles. The molecule has 4 rings (SSSR count). The molecule has 0 bridgehead atoms.